The van der Waals surface area contributed by atoms with E-state index in [-0.39, 0.29) is 22.8 Å². The first kappa shape index (κ1) is 13.5. The van der Waals surface area contributed by atoms with Crippen LogP contribution >= 0.6 is 0 Å². The molecule has 1 aliphatic heterocycles. The maximum Gasteiger partial charge on any atom is 0.650 e. The molecule has 0 aliphatic carbocycles. The predicted octanol–water partition coefficient (Wildman–Crippen LogP) is 2.84. The van der Waals surface area contributed by atoms with Crippen molar-refractivity contribution in [2.24, 2.45) is 0 Å². The summed E-state index contributed by atoms with van der Waals surface area (Å²) in [6, 6.07) is 5.96. The number of alkyl halides is 3. The van der Waals surface area contributed by atoms with Crippen LogP contribution in [0.2, 0.25) is 0 Å². The van der Waals surface area contributed by atoms with Crippen LogP contribution in [0.3, 0.4) is 0 Å². The van der Waals surface area contributed by atoms with Crippen molar-refractivity contribution in [2.75, 3.05) is 0 Å². The van der Waals surface area contributed by atoms with Crippen LogP contribution < -0.4 is 10.3 Å². The number of halogens is 3. The van der Waals surface area contributed by atoms with Gasteiger partial charge in [0.05, 0.1) is 11.1 Å². The minimum absolute atomic E-state index is 0.208. The lowest BCUT2D eigenvalue weighted by Crippen LogP contribution is -2.32. The molecule has 2 heterocycles. The maximum absolute atomic E-state index is 12.4. The molecule has 0 radical (unpaired) electrons. The van der Waals surface area contributed by atoms with Crippen molar-refractivity contribution in [3.8, 4) is 5.75 Å². The normalized spacial score (nSPS) is 15.3. The molecule has 0 bridgehead atoms. The molecule has 8 heteroatoms. The summed E-state index contributed by atoms with van der Waals surface area (Å²) in [6.45, 7) is 7.19. The van der Waals surface area contributed by atoms with Gasteiger partial charge in [-0.05, 0) is 12.1 Å². The van der Waals surface area contributed by atoms with Gasteiger partial charge in [-0.2, -0.15) is 0 Å². The Morgan fingerprint density at radius 1 is 1.14 bits per heavy atom. The molecule has 1 aromatic carbocycles. The Labute approximate surface area is 117 Å². The molecule has 3 rings (SSSR count). The molecule has 2 aromatic rings. The molecule has 0 atom stereocenters. The SMILES string of the molecule is C=C1OB(c2cc3cccc(OC(F)(F)F)c3[nH]2)OC1=C. The molecule has 1 fully saturated rings. The molecule has 1 aromatic heterocycles. The number of aromatic nitrogens is 1. The maximum atomic E-state index is 12.4. The summed E-state index contributed by atoms with van der Waals surface area (Å²) >= 11 is 0. The van der Waals surface area contributed by atoms with Gasteiger partial charge in [0.1, 0.15) is 11.5 Å². The average molecular weight is 295 g/mol. The van der Waals surface area contributed by atoms with E-state index >= 15 is 0 Å². The van der Waals surface area contributed by atoms with E-state index in [1.807, 2.05) is 0 Å². The summed E-state index contributed by atoms with van der Waals surface area (Å²) in [5.41, 5.74) is 0.656. The van der Waals surface area contributed by atoms with Gasteiger partial charge < -0.3 is 19.0 Å². The van der Waals surface area contributed by atoms with Gasteiger partial charge in [0, 0.05) is 5.39 Å². The van der Waals surface area contributed by atoms with Crippen LogP contribution in [0.4, 0.5) is 13.2 Å². The number of para-hydroxylation sites is 1. The number of nitrogens with one attached hydrogen (secondary N) is 1. The van der Waals surface area contributed by atoms with Gasteiger partial charge in [-0.25, -0.2) is 0 Å². The molecule has 1 N–H and O–H groups in total. The highest BCUT2D eigenvalue weighted by molar-refractivity contribution is 6.62. The first-order chi connectivity index (χ1) is 9.83. The van der Waals surface area contributed by atoms with Gasteiger partial charge >= 0.3 is 13.5 Å². The van der Waals surface area contributed by atoms with E-state index in [1.165, 1.54) is 12.1 Å². The smallest absolute Gasteiger partial charge is 0.519 e. The zero-order valence-corrected chi connectivity index (χ0v) is 10.7. The highest BCUT2D eigenvalue weighted by atomic mass is 19.4. The summed E-state index contributed by atoms with van der Waals surface area (Å²) in [5, 5.41) is 0.544. The van der Waals surface area contributed by atoms with Crippen molar-refractivity contribution in [3.05, 3.63) is 48.9 Å². The molecule has 0 spiro atoms. The van der Waals surface area contributed by atoms with Gasteiger partial charge in [-0.3, -0.25) is 0 Å². The minimum atomic E-state index is -4.76. The number of aromatic amines is 1. The van der Waals surface area contributed by atoms with Crippen molar-refractivity contribution in [3.63, 3.8) is 0 Å². The Balaban J connectivity index is 1.99. The van der Waals surface area contributed by atoms with E-state index in [4.69, 9.17) is 9.31 Å². The number of benzene rings is 1. The molecule has 1 aliphatic rings. The molecule has 1 saturated heterocycles. The molecule has 4 nitrogen and oxygen atoms in total. The van der Waals surface area contributed by atoms with Gasteiger partial charge in [0.2, 0.25) is 0 Å². The Kier molecular flexibility index (Phi) is 2.89. The Morgan fingerprint density at radius 3 is 2.43 bits per heavy atom. The first-order valence-electron chi connectivity index (χ1n) is 5.92. The fraction of sp³-hybridized carbons (Fsp3) is 0.0769. The van der Waals surface area contributed by atoms with Crippen molar-refractivity contribution in [2.45, 2.75) is 6.36 Å². The molecule has 0 amide bonds. The lowest BCUT2D eigenvalue weighted by molar-refractivity contribution is -0.274. The second kappa shape index (κ2) is 4.51. The lowest BCUT2D eigenvalue weighted by atomic mass is 9.85. The van der Waals surface area contributed by atoms with Crippen molar-refractivity contribution in [1.82, 2.24) is 4.98 Å². The Bertz CT molecular complexity index is 722. The Hall–Kier alpha value is -2.51. The van der Waals surface area contributed by atoms with Crippen LogP contribution in [0, 0.1) is 0 Å². The largest absolute Gasteiger partial charge is 0.650 e. The number of hydrogen-bond acceptors (Lipinski definition) is 3. The van der Waals surface area contributed by atoms with E-state index < -0.39 is 13.5 Å². The summed E-state index contributed by atoms with van der Waals surface area (Å²) in [6.07, 6.45) is -4.76. The monoisotopic (exact) mass is 295 g/mol. The van der Waals surface area contributed by atoms with Crippen LogP contribution in [0.5, 0.6) is 5.75 Å². The number of ether oxygens (including phenoxy) is 1. The predicted molar refractivity (Wildman–Crippen MR) is 70.8 cm³/mol. The first-order valence-corrected chi connectivity index (χ1v) is 5.92. The number of rotatable bonds is 2. The third kappa shape index (κ3) is 2.56. The summed E-state index contributed by atoms with van der Waals surface area (Å²) < 4.78 is 51.7. The molecule has 0 saturated carbocycles. The highest BCUT2D eigenvalue weighted by Gasteiger charge is 2.37. The van der Waals surface area contributed by atoms with Gasteiger partial charge in [-0.1, -0.05) is 25.3 Å². The topological polar surface area (TPSA) is 43.5 Å². The number of fused-ring (bicyclic) bond motifs is 1. The fourth-order valence-corrected chi connectivity index (χ4v) is 2.03. The van der Waals surface area contributed by atoms with Crippen molar-refractivity contribution >= 4 is 23.6 Å². The highest BCUT2D eigenvalue weighted by Crippen LogP contribution is 2.30. The van der Waals surface area contributed by atoms with E-state index in [2.05, 4.69) is 22.9 Å². The van der Waals surface area contributed by atoms with Crippen LogP contribution in [0.15, 0.2) is 48.9 Å². The third-order valence-electron chi connectivity index (χ3n) is 2.93. The second-order valence-corrected chi connectivity index (χ2v) is 4.41. The summed E-state index contributed by atoms with van der Waals surface area (Å²) in [4.78, 5) is 2.81. The fourth-order valence-electron chi connectivity index (χ4n) is 2.03. The summed E-state index contributed by atoms with van der Waals surface area (Å²) in [7, 11) is -0.809. The molecule has 21 heavy (non-hydrogen) atoms. The van der Waals surface area contributed by atoms with E-state index in [9.17, 15) is 13.2 Å². The van der Waals surface area contributed by atoms with Crippen molar-refractivity contribution < 1.29 is 27.2 Å². The van der Waals surface area contributed by atoms with Gasteiger partial charge in [-0.15, -0.1) is 13.2 Å². The van der Waals surface area contributed by atoms with Crippen LogP contribution in [-0.4, -0.2) is 18.5 Å². The number of hydrogen-bond donors (Lipinski definition) is 1. The average Bonchev–Trinajstić information content (AvgIpc) is 2.93. The van der Waals surface area contributed by atoms with Crippen LogP contribution in [0.1, 0.15) is 0 Å². The second-order valence-electron chi connectivity index (χ2n) is 4.41. The quantitative estimate of drug-likeness (QED) is 0.866. The van der Waals surface area contributed by atoms with E-state index in [1.54, 1.807) is 12.1 Å². The van der Waals surface area contributed by atoms with Crippen LogP contribution in [0.25, 0.3) is 10.9 Å². The van der Waals surface area contributed by atoms with Gasteiger partial charge in [0.25, 0.3) is 0 Å². The number of H-pyrrole nitrogens is 1. The standard InChI is InChI=1S/C13H9BF3NO3/c1-7-8(2)21-14(20-7)11-6-9-4-3-5-10(12(9)18-11)19-13(15,16)17/h3-6,18H,1-2H2. The van der Waals surface area contributed by atoms with Crippen molar-refractivity contribution in [1.29, 1.82) is 0 Å². The molecule has 0 unspecified atom stereocenters. The minimum Gasteiger partial charge on any atom is -0.519 e. The van der Waals surface area contributed by atoms with Crippen LogP contribution in [-0.2, 0) is 9.31 Å². The Morgan fingerprint density at radius 2 is 1.81 bits per heavy atom. The molecular formula is C13H9BF3NO3. The molecular weight excluding hydrogens is 286 g/mol. The van der Waals surface area contributed by atoms with E-state index in [0.29, 0.717) is 11.0 Å². The molecule has 108 valence electrons. The zero-order valence-electron chi connectivity index (χ0n) is 10.7. The van der Waals surface area contributed by atoms with E-state index in [0.717, 1.165) is 0 Å². The zero-order chi connectivity index (χ0) is 15.2. The van der Waals surface area contributed by atoms with Gasteiger partial charge in [0.15, 0.2) is 5.75 Å². The lowest BCUT2D eigenvalue weighted by Gasteiger charge is -2.09. The summed E-state index contributed by atoms with van der Waals surface area (Å²) in [5.74, 6) is 0.248. The third-order valence-corrected chi connectivity index (χ3v) is 2.93.